The number of carbonyl (C=O) groups is 1. The second-order valence-corrected chi connectivity index (χ2v) is 7.89. The summed E-state index contributed by atoms with van der Waals surface area (Å²) in [6.07, 6.45) is 4.43. The molecular formula is C23H30ClN3O2+2. The molecule has 1 aliphatic heterocycles. The topological polar surface area (TPSA) is 47.2 Å². The standard InChI is InChI=1S/C23H28ClN3O2/c1-18(23(28)25-20-10-11-22(29-2)21(24)17-20)27-15-13-26(14-16-27)12-6-9-19-7-4-3-5-8-19/h3-11,17-18H,12-16H2,1-2H3,(H,25,28)/p+2/b9-6+/t18-/m1/s1. The van der Waals surface area contributed by atoms with Crippen molar-refractivity contribution in [3.8, 4) is 5.75 Å². The van der Waals surface area contributed by atoms with Crippen molar-refractivity contribution >= 4 is 29.3 Å². The fourth-order valence-electron chi connectivity index (χ4n) is 3.67. The van der Waals surface area contributed by atoms with Crippen molar-refractivity contribution in [2.45, 2.75) is 13.0 Å². The van der Waals surface area contributed by atoms with Gasteiger partial charge in [0.2, 0.25) is 0 Å². The highest BCUT2D eigenvalue weighted by Crippen LogP contribution is 2.27. The van der Waals surface area contributed by atoms with Gasteiger partial charge in [0, 0.05) is 5.69 Å². The van der Waals surface area contributed by atoms with E-state index in [1.807, 2.05) is 19.1 Å². The molecule has 3 N–H and O–H groups in total. The van der Waals surface area contributed by atoms with Crippen LogP contribution in [0.1, 0.15) is 12.5 Å². The zero-order valence-corrected chi connectivity index (χ0v) is 17.8. The molecule has 1 aliphatic rings. The number of nitrogens with one attached hydrogen (secondary N) is 3. The molecule has 1 atom stereocenters. The van der Waals surface area contributed by atoms with Crippen molar-refractivity contribution < 1.29 is 19.3 Å². The van der Waals surface area contributed by atoms with Crippen LogP contribution in [0.15, 0.2) is 54.6 Å². The Kier molecular flexibility index (Phi) is 7.69. The molecule has 1 heterocycles. The molecule has 0 aliphatic carbocycles. The molecule has 0 saturated carbocycles. The van der Waals surface area contributed by atoms with E-state index in [-0.39, 0.29) is 11.9 Å². The Bertz CT molecular complexity index is 833. The molecule has 0 bridgehead atoms. The summed E-state index contributed by atoms with van der Waals surface area (Å²) in [6.45, 7) is 7.14. The van der Waals surface area contributed by atoms with Crippen molar-refractivity contribution in [2.24, 2.45) is 0 Å². The number of hydrogen-bond donors (Lipinski definition) is 3. The molecular weight excluding hydrogens is 386 g/mol. The molecule has 0 spiro atoms. The molecule has 0 radical (unpaired) electrons. The molecule has 1 saturated heterocycles. The summed E-state index contributed by atoms with van der Waals surface area (Å²) >= 11 is 6.15. The molecule has 1 amide bonds. The molecule has 2 aromatic rings. The van der Waals surface area contributed by atoms with Gasteiger partial charge in [-0.2, -0.15) is 0 Å². The lowest BCUT2D eigenvalue weighted by Gasteiger charge is -2.32. The molecule has 0 aromatic heterocycles. The molecule has 154 valence electrons. The van der Waals surface area contributed by atoms with Crippen molar-refractivity contribution in [3.05, 3.63) is 65.2 Å². The average molecular weight is 416 g/mol. The normalized spacial score (nSPS) is 20.4. The van der Waals surface area contributed by atoms with Crippen LogP contribution in [0.25, 0.3) is 6.08 Å². The van der Waals surface area contributed by atoms with E-state index in [9.17, 15) is 4.79 Å². The van der Waals surface area contributed by atoms with Gasteiger partial charge in [-0.05, 0) is 36.8 Å². The van der Waals surface area contributed by atoms with Gasteiger partial charge in [-0.1, -0.05) is 48.0 Å². The van der Waals surface area contributed by atoms with Crippen LogP contribution >= 0.6 is 11.6 Å². The van der Waals surface area contributed by atoms with E-state index >= 15 is 0 Å². The third kappa shape index (κ3) is 6.07. The van der Waals surface area contributed by atoms with Crippen molar-refractivity contribution in [2.75, 3.05) is 45.2 Å². The zero-order valence-electron chi connectivity index (χ0n) is 17.1. The summed E-state index contributed by atoms with van der Waals surface area (Å²) in [7, 11) is 1.57. The fourth-order valence-corrected chi connectivity index (χ4v) is 3.93. The molecule has 3 rings (SSSR count). The third-order valence-corrected chi connectivity index (χ3v) is 5.84. The first-order valence-corrected chi connectivity index (χ1v) is 10.5. The predicted octanol–water partition coefficient (Wildman–Crippen LogP) is 1.17. The Hall–Kier alpha value is -2.34. The SMILES string of the molecule is COc1ccc(NC(=O)[C@@H](C)[NH+]2CC[NH+](C/C=C/c3ccccc3)CC2)cc1Cl. The van der Waals surface area contributed by atoms with Crippen LogP contribution in [-0.2, 0) is 4.79 Å². The van der Waals surface area contributed by atoms with Gasteiger partial charge in [0.05, 0.1) is 18.7 Å². The number of amides is 1. The van der Waals surface area contributed by atoms with E-state index in [0.717, 1.165) is 32.7 Å². The van der Waals surface area contributed by atoms with Crippen LogP contribution in [-0.4, -0.2) is 51.8 Å². The van der Waals surface area contributed by atoms with E-state index in [2.05, 4.69) is 41.7 Å². The Balaban J connectivity index is 1.45. The summed E-state index contributed by atoms with van der Waals surface area (Å²) < 4.78 is 5.15. The minimum atomic E-state index is -0.0997. The number of hydrogen-bond acceptors (Lipinski definition) is 2. The van der Waals surface area contributed by atoms with Gasteiger partial charge in [-0.15, -0.1) is 0 Å². The number of rotatable bonds is 7. The van der Waals surface area contributed by atoms with Crippen LogP contribution in [0.3, 0.4) is 0 Å². The van der Waals surface area contributed by atoms with Crippen molar-refractivity contribution in [1.82, 2.24) is 0 Å². The lowest BCUT2D eigenvalue weighted by molar-refractivity contribution is -1.02. The molecule has 5 nitrogen and oxygen atoms in total. The number of ether oxygens (including phenoxy) is 1. The van der Waals surface area contributed by atoms with Crippen molar-refractivity contribution in [1.29, 1.82) is 0 Å². The van der Waals surface area contributed by atoms with Crippen LogP contribution < -0.4 is 19.9 Å². The Morgan fingerprint density at radius 2 is 1.90 bits per heavy atom. The first kappa shape index (κ1) is 21.4. The zero-order chi connectivity index (χ0) is 20.6. The van der Waals surface area contributed by atoms with E-state index in [1.165, 1.54) is 10.5 Å². The van der Waals surface area contributed by atoms with Gasteiger partial charge in [-0.3, -0.25) is 4.79 Å². The maximum atomic E-state index is 12.7. The smallest absolute Gasteiger partial charge is 0.282 e. The molecule has 6 heteroatoms. The Morgan fingerprint density at radius 3 is 2.55 bits per heavy atom. The number of quaternary nitrogens is 2. The number of benzene rings is 2. The molecule has 1 fully saturated rings. The number of anilines is 1. The van der Waals surface area contributed by atoms with Crippen LogP contribution in [0.5, 0.6) is 5.75 Å². The highest BCUT2D eigenvalue weighted by atomic mass is 35.5. The highest BCUT2D eigenvalue weighted by molar-refractivity contribution is 6.32. The lowest BCUT2D eigenvalue weighted by Crippen LogP contribution is -3.29. The minimum Gasteiger partial charge on any atom is -0.495 e. The largest absolute Gasteiger partial charge is 0.495 e. The summed E-state index contributed by atoms with van der Waals surface area (Å²) in [5.41, 5.74) is 1.93. The third-order valence-electron chi connectivity index (χ3n) is 5.54. The average Bonchev–Trinajstić information content (AvgIpc) is 2.74. The summed E-state index contributed by atoms with van der Waals surface area (Å²) in [4.78, 5) is 15.6. The Morgan fingerprint density at radius 1 is 1.17 bits per heavy atom. The predicted molar refractivity (Wildman–Crippen MR) is 118 cm³/mol. The molecule has 29 heavy (non-hydrogen) atoms. The van der Waals surface area contributed by atoms with Gasteiger partial charge in [-0.25, -0.2) is 0 Å². The maximum Gasteiger partial charge on any atom is 0.282 e. The molecule has 0 unspecified atom stereocenters. The van der Waals surface area contributed by atoms with Gasteiger partial charge in [0.15, 0.2) is 6.04 Å². The second-order valence-electron chi connectivity index (χ2n) is 7.49. The molecule has 2 aromatic carbocycles. The second kappa shape index (κ2) is 10.4. The summed E-state index contributed by atoms with van der Waals surface area (Å²) in [6, 6.07) is 15.6. The van der Waals surface area contributed by atoms with Gasteiger partial charge in [0.25, 0.3) is 5.91 Å². The first-order valence-electron chi connectivity index (χ1n) is 10.1. The Labute approximate surface area is 177 Å². The summed E-state index contributed by atoms with van der Waals surface area (Å²) in [5, 5.41) is 3.47. The van der Waals surface area contributed by atoms with Crippen LogP contribution in [0, 0.1) is 0 Å². The van der Waals surface area contributed by atoms with E-state index in [4.69, 9.17) is 16.3 Å². The first-order chi connectivity index (χ1) is 14.1. The number of halogens is 1. The number of piperazine rings is 1. The van der Waals surface area contributed by atoms with Crippen LogP contribution in [0.4, 0.5) is 5.69 Å². The quantitative estimate of drug-likeness (QED) is 0.635. The van der Waals surface area contributed by atoms with Gasteiger partial charge in [0.1, 0.15) is 31.9 Å². The van der Waals surface area contributed by atoms with Crippen molar-refractivity contribution in [3.63, 3.8) is 0 Å². The van der Waals surface area contributed by atoms with Gasteiger partial charge < -0.3 is 19.9 Å². The lowest BCUT2D eigenvalue weighted by atomic mass is 10.2. The monoisotopic (exact) mass is 415 g/mol. The van der Waals surface area contributed by atoms with Gasteiger partial charge >= 0.3 is 0 Å². The van der Waals surface area contributed by atoms with E-state index in [1.54, 1.807) is 24.1 Å². The number of methoxy groups -OCH3 is 1. The number of carbonyl (C=O) groups excluding carboxylic acids is 1. The summed E-state index contributed by atoms with van der Waals surface area (Å²) in [5.74, 6) is 0.623. The van der Waals surface area contributed by atoms with E-state index < -0.39 is 0 Å². The fraction of sp³-hybridized carbons (Fsp3) is 0.348. The van der Waals surface area contributed by atoms with E-state index in [0.29, 0.717) is 16.5 Å². The van der Waals surface area contributed by atoms with Crippen LogP contribution in [0.2, 0.25) is 5.02 Å². The maximum absolute atomic E-state index is 12.7. The highest BCUT2D eigenvalue weighted by Gasteiger charge is 2.30. The minimum absolute atomic E-state index is 0.0219.